The molecule has 0 fully saturated rings. The first kappa shape index (κ1) is 14.9. The van der Waals surface area contributed by atoms with E-state index >= 15 is 0 Å². The van der Waals surface area contributed by atoms with Gasteiger partial charge in [-0.1, -0.05) is 27.7 Å². The van der Waals surface area contributed by atoms with Gasteiger partial charge in [-0.05, 0) is 32.6 Å². The third kappa shape index (κ3) is 4.21. The van der Waals surface area contributed by atoms with Crippen molar-refractivity contribution in [3.8, 4) is 0 Å². The molecular weight excluding hydrogens is 202 g/mol. The van der Waals surface area contributed by atoms with Crippen LogP contribution in [0.2, 0.25) is 0 Å². The maximum Gasteiger partial charge on any atom is 0.335 e. The number of hydrogen-bond acceptors (Lipinski definition) is 2. The molecule has 0 aliphatic heterocycles. The molecule has 0 heterocycles. The molecule has 0 atom stereocenters. The average molecular weight is 227 g/mol. The molecule has 2 amide bonds. The zero-order chi connectivity index (χ0) is 13.1. The smallest absolute Gasteiger partial charge is 0.335 e. The first-order chi connectivity index (χ1) is 7.07. The lowest BCUT2D eigenvalue weighted by atomic mass is 9.97. The van der Waals surface area contributed by atoms with E-state index < -0.39 is 6.03 Å². The third-order valence-corrected chi connectivity index (χ3v) is 2.24. The van der Waals surface area contributed by atoms with Crippen LogP contribution in [0, 0.1) is 11.8 Å². The molecule has 94 valence electrons. The Bertz CT molecular complexity index is 264. The number of hydrogen-bond donors (Lipinski definition) is 1. The van der Waals surface area contributed by atoms with E-state index in [1.807, 2.05) is 20.8 Å². The molecule has 0 saturated carbocycles. The molecule has 0 bridgehead atoms. The van der Waals surface area contributed by atoms with Crippen LogP contribution in [0.4, 0.5) is 4.79 Å². The number of carbonyl (C=O) groups excluding carboxylic acids is 1. The predicted octanol–water partition coefficient (Wildman–Crippen LogP) is 2.83. The number of amides is 2. The maximum atomic E-state index is 11.4. The van der Waals surface area contributed by atoms with E-state index in [1.165, 1.54) is 5.01 Å². The van der Waals surface area contributed by atoms with Crippen LogP contribution in [-0.2, 0) is 0 Å². The molecule has 0 aromatic carbocycles. The van der Waals surface area contributed by atoms with Gasteiger partial charge in [-0.3, -0.25) is 0 Å². The summed E-state index contributed by atoms with van der Waals surface area (Å²) in [5, 5.41) is 5.78. The van der Waals surface area contributed by atoms with Crippen molar-refractivity contribution in [2.75, 3.05) is 0 Å². The number of primary amides is 1. The number of urea groups is 1. The van der Waals surface area contributed by atoms with Crippen molar-refractivity contribution in [1.82, 2.24) is 5.01 Å². The Morgan fingerprint density at radius 2 is 1.50 bits per heavy atom. The van der Waals surface area contributed by atoms with E-state index in [-0.39, 0.29) is 5.54 Å². The lowest BCUT2D eigenvalue weighted by molar-refractivity contribution is 0.156. The van der Waals surface area contributed by atoms with Crippen LogP contribution in [-0.4, -0.2) is 22.3 Å². The van der Waals surface area contributed by atoms with Crippen LogP contribution in [0.15, 0.2) is 5.10 Å². The van der Waals surface area contributed by atoms with Crippen molar-refractivity contribution >= 4 is 11.7 Å². The number of nitrogens with zero attached hydrogens (tertiary/aromatic N) is 2. The van der Waals surface area contributed by atoms with Crippen LogP contribution in [0.25, 0.3) is 0 Å². The molecule has 2 N–H and O–H groups in total. The molecule has 0 saturated heterocycles. The quantitative estimate of drug-likeness (QED) is 0.585. The largest absolute Gasteiger partial charge is 0.350 e. The van der Waals surface area contributed by atoms with Gasteiger partial charge in [0.05, 0.1) is 5.54 Å². The fraction of sp³-hybridized carbons (Fsp3) is 0.833. The van der Waals surface area contributed by atoms with E-state index in [1.54, 1.807) is 0 Å². The first-order valence-electron chi connectivity index (χ1n) is 5.75. The number of rotatable bonds is 3. The Morgan fingerprint density at radius 1 is 1.12 bits per heavy atom. The van der Waals surface area contributed by atoms with Gasteiger partial charge in [0.25, 0.3) is 0 Å². The fourth-order valence-corrected chi connectivity index (χ4v) is 1.54. The summed E-state index contributed by atoms with van der Waals surface area (Å²) in [6.07, 6.45) is 0. The average Bonchev–Trinajstić information content (AvgIpc) is 1.99. The molecule has 4 nitrogen and oxygen atoms in total. The Morgan fingerprint density at radius 3 is 1.69 bits per heavy atom. The number of nitrogens with two attached hydrogens (primary N) is 1. The molecule has 0 spiro atoms. The minimum atomic E-state index is -0.508. The van der Waals surface area contributed by atoms with Gasteiger partial charge < -0.3 is 5.73 Å². The molecule has 0 aromatic rings. The highest BCUT2D eigenvalue weighted by atomic mass is 16.2. The van der Waals surface area contributed by atoms with Crippen LogP contribution < -0.4 is 5.73 Å². The Kier molecular flexibility index (Phi) is 4.97. The van der Waals surface area contributed by atoms with E-state index in [2.05, 4.69) is 32.8 Å². The van der Waals surface area contributed by atoms with Crippen molar-refractivity contribution in [2.24, 2.45) is 22.7 Å². The highest BCUT2D eigenvalue weighted by Crippen LogP contribution is 2.17. The van der Waals surface area contributed by atoms with Gasteiger partial charge in [-0.2, -0.15) is 5.10 Å². The molecular formula is C12H25N3O. The summed E-state index contributed by atoms with van der Waals surface area (Å²) in [5.74, 6) is 0.619. The van der Waals surface area contributed by atoms with Crippen molar-refractivity contribution < 1.29 is 4.79 Å². The fourth-order valence-electron chi connectivity index (χ4n) is 1.54. The molecule has 0 rings (SSSR count). The van der Waals surface area contributed by atoms with Crippen molar-refractivity contribution in [2.45, 2.75) is 54.0 Å². The van der Waals surface area contributed by atoms with Gasteiger partial charge in [0.1, 0.15) is 0 Å². The normalized spacial score (nSPS) is 11.8. The minimum Gasteiger partial charge on any atom is -0.350 e. The van der Waals surface area contributed by atoms with E-state index in [0.717, 1.165) is 5.71 Å². The summed E-state index contributed by atoms with van der Waals surface area (Å²) >= 11 is 0. The lowest BCUT2D eigenvalue weighted by Crippen LogP contribution is -2.46. The Balaban J connectivity index is 5.25. The van der Waals surface area contributed by atoms with Gasteiger partial charge in [0.15, 0.2) is 0 Å². The van der Waals surface area contributed by atoms with Crippen LogP contribution in [0.5, 0.6) is 0 Å². The van der Waals surface area contributed by atoms with E-state index in [9.17, 15) is 4.79 Å². The van der Waals surface area contributed by atoms with Gasteiger partial charge in [0, 0.05) is 5.71 Å². The molecule has 0 aliphatic rings. The summed E-state index contributed by atoms with van der Waals surface area (Å²) in [7, 11) is 0. The third-order valence-electron chi connectivity index (χ3n) is 2.24. The summed E-state index contributed by atoms with van der Waals surface area (Å²) in [6, 6.07) is -0.508. The van der Waals surface area contributed by atoms with Crippen molar-refractivity contribution in [3.63, 3.8) is 0 Å². The molecule has 0 aromatic heterocycles. The Hall–Kier alpha value is -1.06. The van der Waals surface area contributed by atoms with E-state index in [0.29, 0.717) is 11.8 Å². The lowest BCUT2D eigenvalue weighted by Gasteiger charge is -2.31. The molecule has 0 aliphatic carbocycles. The van der Waals surface area contributed by atoms with Crippen molar-refractivity contribution in [3.05, 3.63) is 0 Å². The standard InChI is InChI=1S/C12H25N3O/c1-8(2)10(9(3)4)14-15(11(13)16)12(5,6)7/h8-9H,1-7H3,(H2,13,16). The second kappa shape index (κ2) is 5.32. The summed E-state index contributed by atoms with van der Waals surface area (Å²) < 4.78 is 0. The zero-order valence-electron chi connectivity index (χ0n) is 11.5. The van der Waals surface area contributed by atoms with E-state index in [4.69, 9.17) is 5.73 Å². The maximum absolute atomic E-state index is 11.4. The molecule has 0 radical (unpaired) electrons. The van der Waals surface area contributed by atoms with Gasteiger partial charge in [-0.25, -0.2) is 9.80 Å². The highest BCUT2D eigenvalue weighted by molar-refractivity contribution is 5.89. The second-order valence-corrected chi connectivity index (χ2v) is 5.66. The topological polar surface area (TPSA) is 58.7 Å². The van der Waals surface area contributed by atoms with Crippen LogP contribution >= 0.6 is 0 Å². The van der Waals surface area contributed by atoms with Crippen LogP contribution in [0.3, 0.4) is 0 Å². The van der Waals surface area contributed by atoms with Gasteiger partial charge in [0.2, 0.25) is 0 Å². The molecule has 0 unspecified atom stereocenters. The van der Waals surface area contributed by atoms with Gasteiger partial charge >= 0.3 is 6.03 Å². The highest BCUT2D eigenvalue weighted by Gasteiger charge is 2.26. The van der Waals surface area contributed by atoms with Gasteiger partial charge in [-0.15, -0.1) is 0 Å². The second-order valence-electron chi connectivity index (χ2n) is 5.66. The van der Waals surface area contributed by atoms with Crippen molar-refractivity contribution in [1.29, 1.82) is 0 Å². The summed E-state index contributed by atoms with van der Waals surface area (Å²) in [6.45, 7) is 14.0. The molecule has 4 heteroatoms. The molecule has 16 heavy (non-hydrogen) atoms. The monoisotopic (exact) mass is 227 g/mol. The summed E-state index contributed by atoms with van der Waals surface area (Å²) in [4.78, 5) is 11.4. The zero-order valence-corrected chi connectivity index (χ0v) is 11.5. The summed E-state index contributed by atoms with van der Waals surface area (Å²) in [5.41, 5.74) is 5.96. The Labute approximate surface area is 98.9 Å². The SMILES string of the molecule is CC(C)C(=NN(C(N)=O)C(C)(C)C)C(C)C. The minimum absolute atomic E-state index is 0.309. The predicted molar refractivity (Wildman–Crippen MR) is 68.3 cm³/mol. The number of carbonyl (C=O) groups is 1. The number of hydrazone groups is 1. The first-order valence-corrected chi connectivity index (χ1v) is 5.75. The van der Waals surface area contributed by atoms with Crippen LogP contribution in [0.1, 0.15) is 48.5 Å².